The van der Waals surface area contributed by atoms with Crippen LogP contribution in [0, 0.1) is 0 Å². The Kier molecular flexibility index (Phi) is 5.58. The van der Waals surface area contributed by atoms with Crippen LogP contribution in [-0.2, 0) is 14.8 Å². The van der Waals surface area contributed by atoms with Gasteiger partial charge in [-0.25, -0.2) is 8.42 Å². The van der Waals surface area contributed by atoms with Crippen LogP contribution in [-0.4, -0.2) is 81.2 Å². The fourth-order valence-corrected chi connectivity index (χ4v) is 5.57. The van der Waals surface area contributed by atoms with E-state index in [-0.39, 0.29) is 16.5 Å². The number of hydrogen-bond acceptors (Lipinski definition) is 7. The van der Waals surface area contributed by atoms with Crippen LogP contribution in [0.2, 0.25) is 0 Å². The molecule has 2 aliphatic heterocycles. The van der Waals surface area contributed by atoms with Gasteiger partial charge in [0.25, 0.3) is 5.91 Å². The zero-order valence-corrected chi connectivity index (χ0v) is 18.3. The number of sulfonamides is 1. The molecule has 0 unspecified atom stereocenters. The third-order valence-electron chi connectivity index (χ3n) is 5.94. The number of nitrogens with zero attached hydrogens (tertiary/aromatic N) is 4. The molecular weight excluding hydrogens is 432 g/mol. The molecule has 2 aliphatic rings. The quantitative estimate of drug-likeness (QED) is 0.591. The van der Waals surface area contributed by atoms with Gasteiger partial charge in [0.2, 0.25) is 10.0 Å². The Labute approximate surface area is 186 Å². The molecule has 0 atom stereocenters. The number of benzene rings is 2. The molecule has 0 saturated carbocycles. The molecule has 2 saturated heterocycles. The van der Waals surface area contributed by atoms with E-state index < -0.39 is 10.0 Å². The first-order chi connectivity index (χ1) is 15.5. The van der Waals surface area contributed by atoms with Crippen LogP contribution in [0.4, 0.5) is 5.69 Å². The third-order valence-corrected chi connectivity index (χ3v) is 7.83. The summed E-state index contributed by atoms with van der Waals surface area (Å²) in [5.74, 6) is -0.280. The fourth-order valence-electron chi connectivity index (χ4n) is 4.12. The number of hydrogen-bond donors (Lipinski definition) is 0. The minimum Gasteiger partial charge on any atom is -0.378 e. The predicted molar refractivity (Wildman–Crippen MR) is 118 cm³/mol. The highest BCUT2D eigenvalue weighted by Gasteiger charge is 2.30. The van der Waals surface area contributed by atoms with E-state index in [0.717, 1.165) is 5.69 Å². The molecule has 32 heavy (non-hydrogen) atoms. The standard InChI is InChI=1S/C22H24N4O5S/c27-22(25-12-14-30-15-13-25)21-19-16-18(6-7-20(19)31-23-21)32(28,29)26-10-8-24(9-11-26)17-4-2-1-3-5-17/h1-7,16H,8-15H2. The molecular formula is C22H24N4O5S. The maximum atomic E-state index is 13.3. The van der Waals surface area contributed by atoms with Crippen molar-refractivity contribution >= 4 is 32.6 Å². The largest absolute Gasteiger partial charge is 0.378 e. The molecule has 3 heterocycles. The van der Waals surface area contributed by atoms with E-state index in [2.05, 4.69) is 10.1 Å². The van der Waals surface area contributed by atoms with Crippen LogP contribution in [0.3, 0.4) is 0 Å². The topological polar surface area (TPSA) is 96.2 Å². The van der Waals surface area contributed by atoms with Gasteiger partial charge in [-0.05, 0) is 30.3 Å². The maximum absolute atomic E-state index is 13.3. The zero-order valence-electron chi connectivity index (χ0n) is 17.5. The van der Waals surface area contributed by atoms with E-state index >= 15 is 0 Å². The first-order valence-electron chi connectivity index (χ1n) is 10.6. The summed E-state index contributed by atoms with van der Waals surface area (Å²) in [6.07, 6.45) is 0. The first-order valence-corrected chi connectivity index (χ1v) is 12.0. The predicted octanol–water partition coefficient (Wildman–Crippen LogP) is 1.81. The van der Waals surface area contributed by atoms with Crippen molar-refractivity contribution in [3.63, 3.8) is 0 Å². The summed E-state index contributed by atoms with van der Waals surface area (Å²) in [6, 6.07) is 14.5. The van der Waals surface area contributed by atoms with E-state index in [1.54, 1.807) is 11.0 Å². The van der Waals surface area contributed by atoms with Gasteiger partial charge in [-0.3, -0.25) is 4.79 Å². The molecule has 168 valence electrons. The third kappa shape index (κ3) is 3.85. The molecule has 1 amide bonds. The summed E-state index contributed by atoms with van der Waals surface area (Å²) in [5.41, 5.74) is 1.60. The number of aromatic nitrogens is 1. The average molecular weight is 457 g/mol. The van der Waals surface area contributed by atoms with Gasteiger partial charge in [0.05, 0.1) is 23.5 Å². The van der Waals surface area contributed by atoms with Crippen LogP contribution >= 0.6 is 0 Å². The van der Waals surface area contributed by atoms with Crippen LogP contribution in [0.1, 0.15) is 10.5 Å². The molecule has 0 aliphatic carbocycles. The summed E-state index contributed by atoms with van der Waals surface area (Å²) in [4.78, 5) is 16.8. The summed E-state index contributed by atoms with van der Waals surface area (Å²) in [6.45, 7) is 3.87. The lowest BCUT2D eigenvalue weighted by Crippen LogP contribution is -2.48. The lowest BCUT2D eigenvalue weighted by molar-refractivity contribution is 0.0297. The molecule has 9 nitrogen and oxygen atoms in total. The van der Waals surface area contributed by atoms with Gasteiger partial charge in [0.1, 0.15) is 0 Å². The van der Waals surface area contributed by atoms with Crippen molar-refractivity contribution in [3.8, 4) is 0 Å². The van der Waals surface area contributed by atoms with Crippen molar-refractivity contribution in [1.29, 1.82) is 0 Å². The van der Waals surface area contributed by atoms with E-state index in [1.165, 1.54) is 16.4 Å². The highest BCUT2D eigenvalue weighted by atomic mass is 32.2. The SMILES string of the molecule is O=C(c1noc2ccc(S(=O)(=O)N3CCN(c4ccccc4)CC3)cc12)N1CCOCC1. The second-order valence-electron chi connectivity index (χ2n) is 7.82. The summed E-state index contributed by atoms with van der Waals surface area (Å²) in [5, 5.41) is 4.34. The van der Waals surface area contributed by atoms with Gasteiger partial charge in [-0.1, -0.05) is 23.4 Å². The Morgan fingerprint density at radius 2 is 1.62 bits per heavy atom. The molecule has 10 heteroatoms. The summed E-state index contributed by atoms with van der Waals surface area (Å²) >= 11 is 0. The number of para-hydroxylation sites is 1. The Balaban J connectivity index is 1.37. The minimum atomic E-state index is -3.71. The summed E-state index contributed by atoms with van der Waals surface area (Å²) < 4.78 is 38.7. The number of anilines is 1. The smallest absolute Gasteiger partial charge is 0.276 e. The van der Waals surface area contributed by atoms with Gasteiger partial charge in [0, 0.05) is 45.0 Å². The van der Waals surface area contributed by atoms with Crippen molar-refractivity contribution < 1.29 is 22.5 Å². The van der Waals surface area contributed by atoms with Crippen molar-refractivity contribution in [2.75, 3.05) is 57.4 Å². The molecule has 1 aromatic heterocycles. The Hall–Kier alpha value is -2.95. The van der Waals surface area contributed by atoms with Crippen molar-refractivity contribution in [2.24, 2.45) is 0 Å². The maximum Gasteiger partial charge on any atom is 0.276 e. The van der Waals surface area contributed by atoms with Crippen molar-refractivity contribution in [3.05, 3.63) is 54.2 Å². The second kappa shape index (κ2) is 8.53. The normalized spacial score (nSPS) is 18.2. The molecule has 0 bridgehead atoms. The molecule has 0 spiro atoms. The number of carbonyl (C=O) groups is 1. The van der Waals surface area contributed by atoms with E-state index in [1.807, 2.05) is 30.3 Å². The number of morpholine rings is 1. The van der Waals surface area contributed by atoms with Gasteiger partial charge in [-0.2, -0.15) is 4.31 Å². The second-order valence-corrected chi connectivity index (χ2v) is 9.76. The molecule has 0 N–H and O–H groups in total. The number of rotatable bonds is 4. The number of piperazine rings is 1. The molecule has 2 fully saturated rings. The van der Waals surface area contributed by atoms with Crippen LogP contribution < -0.4 is 4.90 Å². The highest BCUT2D eigenvalue weighted by Crippen LogP contribution is 2.27. The zero-order chi connectivity index (χ0) is 22.1. The van der Waals surface area contributed by atoms with Gasteiger partial charge in [0.15, 0.2) is 11.3 Å². The molecule has 3 aromatic rings. The minimum absolute atomic E-state index is 0.132. The van der Waals surface area contributed by atoms with E-state index in [9.17, 15) is 13.2 Å². The van der Waals surface area contributed by atoms with Crippen molar-refractivity contribution in [2.45, 2.75) is 4.90 Å². The Bertz CT molecular complexity index is 1210. The molecule has 2 aromatic carbocycles. The van der Waals surface area contributed by atoms with Gasteiger partial charge in [-0.15, -0.1) is 0 Å². The van der Waals surface area contributed by atoms with Gasteiger partial charge < -0.3 is 19.1 Å². The number of amides is 1. The van der Waals surface area contributed by atoms with E-state index in [0.29, 0.717) is 63.5 Å². The van der Waals surface area contributed by atoms with Crippen LogP contribution in [0.25, 0.3) is 11.0 Å². The fraction of sp³-hybridized carbons (Fsp3) is 0.364. The number of fused-ring (bicyclic) bond motifs is 1. The van der Waals surface area contributed by atoms with Crippen LogP contribution in [0.15, 0.2) is 57.9 Å². The molecule has 0 radical (unpaired) electrons. The Morgan fingerprint density at radius 1 is 0.906 bits per heavy atom. The number of ether oxygens (including phenoxy) is 1. The Morgan fingerprint density at radius 3 is 2.34 bits per heavy atom. The van der Waals surface area contributed by atoms with Crippen LogP contribution in [0.5, 0.6) is 0 Å². The lowest BCUT2D eigenvalue weighted by Gasteiger charge is -2.35. The lowest BCUT2D eigenvalue weighted by atomic mass is 10.2. The number of carbonyl (C=O) groups excluding carboxylic acids is 1. The monoisotopic (exact) mass is 456 g/mol. The summed E-state index contributed by atoms with van der Waals surface area (Å²) in [7, 11) is -3.71. The van der Waals surface area contributed by atoms with Gasteiger partial charge >= 0.3 is 0 Å². The van der Waals surface area contributed by atoms with E-state index in [4.69, 9.17) is 9.26 Å². The molecule has 5 rings (SSSR count). The average Bonchev–Trinajstić information content (AvgIpc) is 3.28. The first kappa shape index (κ1) is 20.9. The van der Waals surface area contributed by atoms with Crippen molar-refractivity contribution in [1.82, 2.24) is 14.4 Å². The highest BCUT2D eigenvalue weighted by molar-refractivity contribution is 7.89.